The number of ether oxygens (including phenoxy) is 2. The van der Waals surface area contributed by atoms with Crippen molar-refractivity contribution in [2.24, 2.45) is 0 Å². The monoisotopic (exact) mass is 470 g/mol. The number of anilines is 1. The van der Waals surface area contributed by atoms with E-state index in [2.05, 4.69) is 5.32 Å². The van der Waals surface area contributed by atoms with Crippen LogP contribution >= 0.6 is 11.8 Å². The van der Waals surface area contributed by atoms with Crippen molar-refractivity contribution in [3.63, 3.8) is 0 Å². The quantitative estimate of drug-likeness (QED) is 0.626. The van der Waals surface area contributed by atoms with Crippen LogP contribution in [0.2, 0.25) is 0 Å². The highest BCUT2D eigenvalue weighted by atomic mass is 32.2. The maximum Gasteiger partial charge on any atom is 0.501 e. The van der Waals surface area contributed by atoms with Gasteiger partial charge >= 0.3 is 11.9 Å². The first-order chi connectivity index (χ1) is 15.9. The molecule has 0 fully saturated rings. The molecule has 0 saturated carbocycles. The molecule has 1 N–H and O–H groups in total. The van der Waals surface area contributed by atoms with Gasteiger partial charge in [0.15, 0.2) is 11.8 Å². The standard InChI is InChI=1S/C23H20FN3O5S/c1-31-16-9-15(10-17(11-16)32-2)25-20(28)13-26-19-7-8-33-21(19)22(29)27(23(26)30)12-14-5-3-4-6-18(14)24/h3-11,21H,12-13H2,1-2H3/p+1. The number of urea groups is 1. The van der Waals surface area contributed by atoms with E-state index in [9.17, 15) is 18.8 Å². The summed E-state index contributed by atoms with van der Waals surface area (Å²) in [4.78, 5) is 40.0. The predicted octanol–water partition coefficient (Wildman–Crippen LogP) is 3.03. The van der Waals surface area contributed by atoms with Gasteiger partial charge in [0.2, 0.25) is 0 Å². The van der Waals surface area contributed by atoms with Crippen LogP contribution in [0, 0.1) is 5.82 Å². The van der Waals surface area contributed by atoms with Crippen LogP contribution < -0.4 is 14.8 Å². The van der Waals surface area contributed by atoms with E-state index < -0.39 is 28.9 Å². The molecule has 2 heterocycles. The average molecular weight is 471 g/mol. The molecule has 0 radical (unpaired) electrons. The van der Waals surface area contributed by atoms with Gasteiger partial charge in [-0.25, -0.2) is 9.18 Å². The first-order valence-electron chi connectivity index (χ1n) is 9.99. The number of benzene rings is 2. The fraction of sp³-hybridized carbons (Fsp3) is 0.217. The lowest BCUT2D eigenvalue weighted by atomic mass is 10.1. The van der Waals surface area contributed by atoms with Gasteiger partial charge in [0.25, 0.3) is 5.91 Å². The van der Waals surface area contributed by atoms with Gasteiger partial charge in [-0.2, -0.15) is 14.3 Å². The normalized spacial score (nSPS) is 17.3. The summed E-state index contributed by atoms with van der Waals surface area (Å²) in [6, 6.07) is 10.2. The van der Waals surface area contributed by atoms with E-state index in [-0.39, 0.29) is 18.7 Å². The smallest absolute Gasteiger partial charge is 0.497 e. The molecule has 2 aliphatic rings. The summed E-state index contributed by atoms with van der Waals surface area (Å²) < 4.78 is 25.8. The van der Waals surface area contributed by atoms with Gasteiger partial charge in [-0.3, -0.25) is 4.79 Å². The number of hydrogen-bond donors (Lipinski definition) is 1. The molecule has 0 aromatic heterocycles. The highest BCUT2D eigenvalue weighted by Gasteiger charge is 2.49. The summed E-state index contributed by atoms with van der Waals surface area (Å²) >= 11 is 1.24. The zero-order valence-corrected chi connectivity index (χ0v) is 18.7. The minimum absolute atomic E-state index is 0.214. The van der Waals surface area contributed by atoms with Gasteiger partial charge in [0, 0.05) is 29.4 Å². The minimum atomic E-state index is -0.681. The van der Waals surface area contributed by atoms with Crippen LogP contribution in [0.5, 0.6) is 11.5 Å². The summed E-state index contributed by atoms with van der Waals surface area (Å²) in [5, 5.41) is 3.76. The van der Waals surface area contributed by atoms with Gasteiger partial charge in [0.1, 0.15) is 29.6 Å². The SMILES string of the molecule is COc1cc(NC(=O)C[N+]2=C3C=CSC3C(=O)N(Cc3ccccc3F)C2=O)cc(OC)c1. The molecular formula is C23H21FN3O5S+. The van der Waals surface area contributed by atoms with E-state index in [1.165, 1.54) is 48.8 Å². The number of hydrogen-bond acceptors (Lipinski definition) is 6. The van der Waals surface area contributed by atoms with E-state index in [4.69, 9.17) is 9.47 Å². The summed E-state index contributed by atoms with van der Waals surface area (Å²) in [6.45, 7) is -0.546. The Bertz CT molecular complexity index is 1170. The number of rotatable bonds is 7. The highest BCUT2D eigenvalue weighted by molar-refractivity contribution is 8.04. The molecule has 1 unspecified atom stereocenters. The number of nitrogens with zero attached hydrogens (tertiary/aromatic N) is 2. The molecule has 10 heteroatoms. The highest BCUT2D eigenvalue weighted by Crippen LogP contribution is 2.29. The molecule has 0 spiro atoms. The number of methoxy groups -OCH3 is 2. The largest absolute Gasteiger partial charge is 0.501 e. The molecule has 0 saturated heterocycles. The fourth-order valence-electron chi connectivity index (χ4n) is 3.58. The first kappa shape index (κ1) is 22.5. The van der Waals surface area contributed by atoms with Crippen molar-refractivity contribution in [3.05, 3.63) is 65.3 Å². The molecule has 170 valence electrons. The number of amides is 4. The van der Waals surface area contributed by atoms with E-state index in [0.717, 1.165) is 4.90 Å². The zero-order valence-electron chi connectivity index (χ0n) is 17.9. The second-order valence-corrected chi connectivity index (χ2v) is 8.29. The lowest BCUT2D eigenvalue weighted by molar-refractivity contribution is -0.426. The summed E-state index contributed by atoms with van der Waals surface area (Å²) in [5.74, 6) is -0.450. The van der Waals surface area contributed by atoms with Gasteiger partial charge < -0.3 is 14.8 Å². The Hall–Kier alpha value is -3.66. The molecule has 0 bridgehead atoms. The Labute approximate surface area is 193 Å². The maximum absolute atomic E-state index is 14.2. The topological polar surface area (TPSA) is 88.0 Å². The molecule has 4 rings (SSSR count). The molecule has 2 aromatic rings. The Morgan fingerprint density at radius 1 is 1.15 bits per heavy atom. The number of carbonyl (C=O) groups excluding carboxylic acids is 3. The third-order valence-corrected chi connectivity index (χ3v) is 6.22. The van der Waals surface area contributed by atoms with E-state index in [0.29, 0.717) is 22.9 Å². The summed E-state index contributed by atoms with van der Waals surface area (Å²) in [7, 11) is 2.99. The maximum atomic E-state index is 14.2. The lowest BCUT2D eigenvalue weighted by Crippen LogP contribution is -2.55. The average Bonchev–Trinajstić information content (AvgIpc) is 3.30. The van der Waals surface area contributed by atoms with Gasteiger partial charge in [-0.1, -0.05) is 18.2 Å². The fourth-order valence-corrected chi connectivity index (χ4v) is 4.54. The van der Waals surface area contributed by atoms with Crippen LogP contribution in [0.4, 0.5) is 14.9 Å². The molecule has 33 heavy (non-hydrogen) atoms. The summed E-state index contributed by atoms with van der Waals surface area (Å²) in [5.41, 5.74) is 1.07. The van der Waals surface area contributed by atoms with Crippen molar-refractivity contribution in [3.8, 4) is 11.5 Å². The Kier molecular flexibility index (Phi) is 6.45. The second-order valence-electron chi connectivity index (χ2n) is 7.28. The number of thioether (sulfide) groups is 1. The number of nitrogens with one attached hydrogen (secondary N) is 1. The van der Waals surface area contributed by atoms with Crippen LogP contribution in [-0.2, 0) is 16.1 Å². The Morgan fingerprint density at radius 2 is 1.85 bits per heavy atom. The number of allylic oxidation sites excluding steroid dienone is 1. The Morgan fingerprint density at radius 3 is 2.52 bits per heavy atom. The van der Waals surface area contributed by atoms with Crippen LogP contribution in [0.25, 0.3) is 0 Å². The lowest BCUT2D eigenvalue weighted by Gasteiger charge is -2.24. The van der Waals surface area contributed by atoms with Crippen molar-refractivity contribution < 1.29 is 32.8 Å². The van der Waals surface area contributed by atoms with Crippen molar-refractivity contribution >= 4 is 41.0 Å². The van der Waals surface area contributed by atoms with Crippen molar-refractivity contribution in [2.75, 3.05) is 26.1 Å². The van der Waals surface area contributed by atoms with Crippen LogP contribution in [0.15, 0.2) is 53.9 Å². The molecule has 2 aromatic carbocycles. The zero-order chi connectivity index (χ0) is 23.5. The van der Waals surface area contributed by atoms with Gasteiger partial charge in [-0.15, -0.1) is 11.8 Å². The predicted molar refractivity (Wildman–Crippen MR) is 121 cm³/mol. The number of carbonyl (C=O) groups is 3. The number of halogens is 1. The van der Waals surface area contributed by atoms with Crippen molar-refractivity contribution in [2.45, 2.75) is 11.8 Å². The third-order valence-electron chi connectivity index (χ3n) is 5.21. The van der Waals surface area contributed by atoms with E-state index >= 15 is 0 Å². The molecular weight excluding hydrogens is 449 g/mol. The van der Waals surface area contributed by atoms with E-state index in [1.54, 1.807) is 35.7 Å². The molecule has 2 aliphatic heterocycles. The molecule has 0 aliphatic carbocycles. The van der Waals surface area contributed by atoms with Crippen molar-refractivity contribution in [1.29, 1.82) is 0 Å². The first-order valence-corrected chi connectivity index (χ1v) is 10.9. The molecule has 8 nitrogen and oxygen atoms in total. The second kappa shape index (κ2) is 9.45. The molecule has 4 amide bonds. The van der Waals surface area contributed by atoms with Gasteiger partial charge in [0.05, 0.1) is 14.2 Å². The third kappa shape index (κ3) is 4.61. The van der Waals surface area contributed by atoms with Crippen LogP contribution in [-0.4, -0.2) is 59.0 Å². The van der Waals surface area contributed by atoms with Crippen LogP contribution in [0.1, 0.15) is 5.56 Å². The Balaban J connectivity index is 1.58. The number of fused-ring (bicyclic) bond motifs is 1. The summed E-state index contributed by atoms with van der Waals surface area (Å²) in [6.07, 6.45) is 1.65. The minimum Gasteiger partial charge on any atom is -0.497 e. The van der Waals surface area contributed by atoms with Crippen LogP contribution in [0.3, 0.4) is 0 Å². The van der Waals surface area contributed by atoms with E-state index in [1.807, 2.05) is 0 Å². The molecule has 1 atom stereocenters. The van der Waals surface area contributed by atoms with Crippen molar-refractivity contribution in [1.82, 2.24) is 4.90 Å². The van der Waals surface area contributed by atoms with Gasteiger partial charge in [-0.05, 0) is 17.6 Å². The number of imide groups is 1.